The van der Waals surface area contributed by atoms with Crippen LogP contribution in [0.4, 0.5) is 11.4 Å². The molecule has 2 aromatic rings. The van der Waals surface area contributed by atoms with Crippen LogP contribution in [0.2, 0.25) is 0 Å². The van der Waals surface area contributed by atoms with Crippen molar-refractivity contribution in [3.05, 3.63) is 63.7 Å². The van der Waals surface area contributed by atoms with Crippen LogP contribution in [0.3, 0.4) is 0 Å². The van der Waals surface area contributed by atoms with Gasteiger partial charge in [0, 0.05) is 35.9 Å². The number of non-ortho nitro benzene ring substituents is 1. The average molecular weight is 342 g/mol. The Kier molecular flexibility index (Phi) is 5.41. The molecule has 25 heavy (non-hydrogen) atoms. The van der Waals surface area contributed by atoms with E-state index in [4.69, 9.17) is 0 Å². The maximum atomic E-state index is 12.0. The highest BCUT2D eigenvalue weighted by molar-refractivity contribution is 5.97. The average Bonchev–Trinajstić information content (AvgIpc) is 2.55. The maximum Gasteiger partial charge on any atom is 0.271 e. The Hall–Kier alpha value is -3.75. The summed E-state index contributed by atoms with van der Waals surface area (Å²) < 4.78 is 0. The standard InChI is InChI=1S/C16H14N4O5/c1-10(21)18-13-4-2-3-11(7-13)16(23)19-17-9-12-8-14(20(24)25)5-6-15(12)22/h2-9,22H,1H3,(H,18,21)(H,19,23)/b17-9-. The lowest BCUT2D eigenvalue weighted by Gasteiger charge is -2.04. The Morgan fingerprint density at radius 1 is 1.24 bits per heavy atom. The molecule has 0 aliphatic rings. The lowest BCUT2D eigenvalue weighted by atomic mass is 10.2. The van der Waals surface area contributed by atoms with Gasteiger partial charge in [-0.15, -0.1) is 0 Å². The van der Waals surface area contributed by atoms with Gasteiger partial charge in [-0.3, -0.25) is 19.7 Å². The van der Waals surface area contributed by atoms with Crippen LogP contribution < -0.4 is 10.7 Å². The van der Waals surface area contributed by atoms with Crippen molar-refractivity contribution in [2.24, 2.45) is 5.10 Å². The summed E-state index contributed by atoms with van der Waals surface area (Å²) >= 11 is 0. The fourth-order valence-electron chi connectivity index (χ4n) is 1.93. The number of hydrogen-bond donors (Lipinski definition) is 3. The Morgan fingerprint density at radius 2 is 2.00 bits per heavy atom. The van der Waals surface area contributed by atoms with E-state index in [0.717, 1.165) is 24.4 Å². The number of aromatic hydroxyl groups is 1. The summed E-state index contributed by atoms with van der Waals surface area (Å²) in [4.78, 5) is 33.2. The molecule has 0 bridgehead atoms. The molecular formula is C16H14N4O5. The molecule has 2 rings (SSSR count). The van der Waals surface area contributed by atoms with Crippen LogP contribution in [0.15, 0.2) is 47.6 Å². The first-order chi connectivity index (χ1) is 11.9. The van der Waals surface area contributed by atoms with E-state index in [1.807, 2.05) is 0 Å². The number of amides is 2. The third-order valence-electron chi connectivity index (χ3n) is 3.04. The molecule has 0 saturated heterocycles. The van der Waals surface area contributed by atoms with Crippen molar-refractivity contribution >= 4 is 29.4 Å². The van der Waals surface area contributed by atoms with Crippen LogP contribution >= 0.6 is 0 Å². The molecule has 2 aromatic carbocycles. The molecule has 0 fully saturated rings. The Balaban J connectivity index is 2.09. The first kappa shape index (κ1) is 17.6. The summed E-state index contributed by atoms with van der Waals surface area (Å²) in [5, 5.41) is 26.6. The Labute approximate surface area is 142 Å². The number of carbonyl (C=O) groups excluding carboxylic acids is 2. The fourth-order valence-corrected chi connectivity index (χ4v) is 1.93. The summed E-state index contributed by atoms with van der Waals surface area (Å²) in [6, 6.07) is 9.66. The van der Waals surface area contributed by atoms with Crippen molar-refractivity contribution in [2.75, 3.05) is 5.32 Å². The molecule has 0 spiro atoms. The predicted molar refractivity (Wildman–Crippen MR) is 90.6 cm³/mol. The lowest BCUT2D eigenvalue weighted by Crippen LogP contribution is -2.18. The van der Waals surface area contributed by atoms with Crippen molar-refractivity contribution in [2.45, 2.75) is 6.92 Å². The normalized spacial score (nSPS) is 10.4. The van der Waals surface area contributed by atoms with Crippen LogP contribution in [0.25, 0.3) is 0 Å². The molecular weight excluding hydrogens is 328 g/mol. The van der Waals surface area contributed by atoms with Crippen LogP contribution in [-0.4, -0.2) is 28.1 Å². The zero-order chi connectivity index (χ0) is 18.4. The first-order valence-corrected chi connectivity index (χ1v) is 7.05. The number of nitro groups is 1. The molecule has 0 aliphatic heterocycles. The smallest absolute Gasteiger partial charge is 0.271 e. The number of carbonyl (C=O) groups is 2. The predicted octanol–water partition coefficient (Wildman–Crippen LogP) is 2.02. The van der Waals surface area contributed by atoms with E-state index in [1.165, 1.54) is 19.1 Å². The second kappa shape index (κ2) is 7.68. The monoisotopic (exact) mass is 342 g/mol. The van der Waals surface area contributed by atoms with Gasteiger partial charge in [-0.1, -0.05) is 6.07 Å². The Bertz CT molecular complexity index is 863. The van der Waals surface area contributed by atoms with E-state index in [0.29, 0.717) is 5.69 Å². The number of hydrazone groups is 1. The number of nitrogens with one attached hydrogen (secondary N) is 2. The van der Waals surface area contributed by atoms with Gasteiger partial charge in [0.25, 0.3) is 11.6 Å². The number of phenols is 1. The van der Waals surface area contributed by atoms with E-state index in [2.05, 4.69) is 15.8 Å². The minimum atomic E-state index is -0.608. The molecule has 2 amide bonds. The molecule has 0 unspecified atom stereocenters. The molecule has 0 aromatic heterocycles. The maximum absolute atomic E-state index is 12.0. The number of hydrogen-bond acceptors (Lipinski definition) is 6. The van der Waals surface area contributed by atoms with Crippen molar-refractivity contribution in [1.82, 2.24) is 5.43 Å². The van der Waals surface area contributed by atoms with Gasteiger partial charge in [0.15, 0.2) is 0 Å². The van der Waals surface area contributed by atoms with Crippen molar-refractivity contribution in [1.29, 1.82) is 0 Å². The lowest BCUT2D eigenvalue weighted by molar-refractivity contribution is -0.384. The molecule has 9 nitrogen and oxygen atoms in total. The van der Waals surface area contributed by atoms with Crippen LogP contribution in [0.5, 0.6) is 5.75 Å². The molecule has 0 heterocycles. The highest BCUT2D eigenvalue weighted by Gasteiger charge is 2.09. The summed E-state index contributed by atoms with van der Waals surface area (Å²) in [7, 11) is 0. The van der Waals surface area contributed by atoms with Gasteiger partial charge in [-0.25, -0.2) is 5.43 Å². The minimum absolute atomic E-state index is 0.0847. The van der Waals surface area contributed by atoms with E-state index in [-0.39, 0.29) is 28.5 Å². The van der Waals surface area contributed by atoms with Gasteiger partial charge in [-0.2, -0.15) is 5.10 Å². The number of phenolic OH excluding ortho intramolecular Hbond substituents is 1. The van der Waals surface area contributed by atoms with E-state index in [9.17, 15) is 24.8 Å². The molecule has 0 aliphatic carbocycles. The third kappa shape index (κ3) is 4.86. The second-order valence-corrected chi connectivity index (χ2v) is 4.96. The van der Waals surface area contributed by atoms with Gasteiger partial charge in [-0.05, 0) is 24.3 Å². The summed E-state index contributed by atoms with van der Waals surface area (Å²) in [6.45, 7) is 1.35. The summed E-state index contributed by atoms with van der Waals surface area (Å²) in [5.41, 5.74) is 2.83. The molecule has 9 heteroatoms. The summed E-state index contributed by atoms with van der Waals surface area (Å²) in [5.74, 6) is -1.03. The van der Waals surface area contributed by atoms with E-state index in [1.54, 1.807) is 12.1 Å². The third-order valence-corrected chi connectivity index (χ3v) is 3.04. The van der Waals surface area contributed by atoms with Gasteiger partial charge in [0.1, 0.15) is 5.75 Å². The van der Waals surface area contributed by atoms with Gasteiger partial charge < -0.3 is 10.4 Å². The zero-order valence-electron chi connectivity index (χ0n) is 13.1. The van der Waals surface area contributed by atoms with Crippen LogP contribution in [0, 0.1) is 10.1 Å². The summed E-state index contributed by atoms with van der Waals surface area (Å²) in [6.07, 6.45) is 1.10. The number of anilines is 1. The van der Waals surface area contributed by atoms with Gasteiger partial charge in [0.05, 0.1) is 11.1 Å². The molecule has 0 saturated carbocycles. The van der Waals surface area contributed by atoms with E-state index >= 15 is 0 Å². The fraction of sp³-hybridized carbons (Fsp3) is 0.0625. The molecule has 128 valence electrons. The zero-order valence-corrected chi connectivity index (χ0v) is 13.1. The SMILES string of the molecule is CC(=O)Nc1cccc(C(=O)N/N=C\c2cc([N+](=O)[O-])ccc2O)c1. The number of rotatable bonds is 5. The minimum Gasteiger partial charge on any atom is -0.507 e. The largest absolute Gasteiger partial charge is 0.507 e. The van der Waals surface area contributed by atoms with Gasteiger partial charge in [0.2, 0.25) is 5.91 Å². The molecule has 3 N–H and O–H groups in total. The van der Waals surface area contributed by atoms with Gasteiger partial charge >= 0.3 is 0 Å². The highest BCUT2D eigenvalue weighted by Crippen LogP contribution is 2.21. The highest BCUT2D eigenvalue weighted by atomic mass is 16.6. The van der Waals surface area contributed by atoms with Crippen molar-refractivity contribution < 1.29 is 19.6 Å². The molecule has 0 radical (unpaired) electrons. The Morgan fingerprint density at radius 3 is 2.68 bits per heavy atom. The second-order valence-electron chi connectivity index (χ2n) is 4.96. The quantitative estimate of drug-likeness (QED) is 0.434. The number of nitro benzene ring substituents is 1. The van der Waals surface area contributed by atoms with E-state index < -0.39 is 10.8 Å². The number of benzene rings is 2. The van der Waals surface area contributed by atoms with Crippen molar-refractivity contribution in [3.8, 4) is 5.75 Å². The van der Waals surface area contributed by atoms with Crippen molar-refractivity contribution in [3.63, 3.8) is 0 Å². The topological polar surface area (TPSA) is 134 Å². The first-order valence-electron chi connectivity index (χ1n) is 7.05. The molecule has 0 atom stereocenters. The van der Waals surface area contributed by atoms with Crippen LogP contribution in [0.1, 0.15) is 22.8 Å². The van der Waals surface area contributed by atoms with Crippen LogP contribution in [-0.2, 0) is 4.79 Å². The number of nitrogens with zero attached hydrogens (tertiary/aromatic N) is 2.